The molecule has 0 aliphatic carbocycles. The predicted molar refractivity (Wildman–Crippen MR) is 85.3 cm³/mol. The highest BCUT2D eigenvalue weighted by Gasteiger charge is 2.23. The number of nitrogens with one attached hydrogen (secondary N) is 2. The van der Waals surface area contributed by atoms with Gasteiger partial charge >= 0.3 is 0 Å². The first-order valence-corrected chi connectivity index (χ1v) is 8.25. The third-order valence-corrected chi connectivity index (χ3v) is 4.41. The van der Waals surface area contributed by atoms with Crippen molar-refractivity contribution in [3.8, 4) is 0 Å². The van der Waals surface area contributed by atoms with Gasteiger partial charge in [-0.1, -0.05) is 12.1 Å². The number of carbonyl (C=O) groups excluding carboxylic acids is 1. The Morgan fingerprint density at radius 2 is 2.25 bits per heavy atom. The van der Waals surface area contributed by atoms with Crippen LogP contribution < -0.4 is 10.6 Å². The molecule has 4 nitrogen and oxygen atoms in total. The van der Waals surface area contributed by atoms with Crippen molar-refractivity contribution in [1.29, 1.82) is 0 Å². The molecule has 1 fully saturated rings. The summed E-state index contributed by atoms with van der Waals surface area (Å²) in [5.41, 5.74) is 0.913. The summed E-state index contributed by atoms with van der Waals surface area (Å²) < 4.78 is 0. The van der Waals surface area contributed by atoms with Gasteiger partial charge in [-0.2, -0.15) is 0 Å². The monoisotopic (exact) mass is 293 g/mol. The number of para-hydroxylation sites is 1. The van der Waals surface area contributed by atoms with Crippen LogP contribution in [0.2, 0.25) is 0 Å². The fourth-order valence-corrected chi connectivity index (χ4v) is 3.21. The van der Waals surface area contributed by atoms with E-state index in [1.54, 1.807) is 11.8 Å². The van der Waals surface area contributed by atoms with Crippen molar-refractivity contribution < 1.29 is 4.79 Å². The lowest BCUT2D eigenvalue weighted by Gasteiger charge is -2.16. The molecule has 0 aromatic heterocycles. The summed E-state index contributed by atoms with van der Waals surface area (Å²) in [7, 11) is 1.98. The van der Waals surface area contributed by atoms with E-state index in [-0.39, 0.29) is 5.91 Å². The highest BCUT2D eigenvalue weighted by atomic mass is 32.2. The fraction of sp³-hybridized carbons (Fsp3) is 0.533. The lowest BCUT2D eigenvalue weighted by molar-refractivity contribution is -0.117. The zero-order valence-corrected chi connectivity index (χ0v) is 13.0. The van der Waals surface area contributed by atoms with Crippen LogP contribution in [0.25, 0.3) is 0 Å². The minimum atomic E-state index is 0.0802. The quantitative estimate of drug-likeness (QED) is 0.786. The molecule has 5 heteroatoms. The van der Waals surface area contributed by atoms with Crippen molar-refractivity contribution in [1.82, 2.24) is 10.2 Å². The molecule has 1 aromatic carbocycles. The number of anilines is 1. The van der Waals surface area contributed by atoms with E-state index >= 15 is 0 Å². The number of hydrogen-bond donors (Lipinski definition) is 2. The van der Waals surface area contributed by atoms with Gasteiger partial charge in [-0.15, -0.1) is 11.8 Å². The number of benzene rings is 1. The van der Waals surface area contributed by atoms with Crippen LogP contribution in [-0.2, 0) is 4.79 Å². The Balaban J connectivity index is 1.84. The summed E-state index contributed by atoms with van der Waals surface area (Å²) >= 11 is 1.65. The maximum atomic E-state index is 12.1. The van der Waals surface area contributed by atoms with Crippen molar-refractivity contribution in [3.63, 3.8) is 0 Å². The molecule has 1 aromatic rings. The lowest BCUT2D eigenvalue weighted by Crippen LogP contribution is -2.32. The van der Waals surface area contributed by atoms with Gasteiger partial charge in [0.25, 0.3) is 0 Å². The highest BCUT2D eigenvalue weighted by Crippen LogP contribution is 2.24. The molecule has 0 radical (unpaired) electrons. The van der Waals surface area contributed by atoms with Gasteiger partial charge in [0.15, 0.2) is 0 Å². The van der Waals surface area contributed by atoms with Gasteiger partial charge in [-0.05, 0) is 50.9 Å². The number of likely N-dealkylation sites (tertiary alicyclic amines) is 1. The lowest BCUT2D eigenvalue weighted by atomic mass is 10.1. The Hall–Kier alpha value is -1.04. The van der Waals surface area contributed by atoms with Crippen molar-refractivity contribution in [2.75, 3.05) is 44.8 Å². The number of thioether (sulfide) groups is 1. The summed E-state index contributed by atoms with van der Waals surface area (Å²) in [6.07, 6.45) is 3.20. The number of amides is 1. The van der Waals surface area contributed by atoms with Crippen LogP contribution in [0.5, 0.6) is 0 Å². The van der Waals surface area contributed by atoms with Crippen molar-refractivity contribution in [2.45, 2.75) is 11.3 Å². The summed E-state index contributed by atoms with van der Waals surface area (Å²) in [6.45, 7) is 3.55. The molecule has 1 unspecified atom stereocenters. The van der Waals surface area contributed by atoms with Crippen LogP contribution in [0.3, 0.4) is 0 Å². The molecule has 1 atom stereocenters. The molecule has 0 saturated carbocycles. The molecular formula is C15H23N3OS. The third-order valence-electron chi connectivity index (χ3n) is 3.61. The maximum Gasteiger partial charge on any atom is 0.238 e. The highest BCUT2D eigenvalue weighted by molar-refractivity contribution is 7.98. The fourth-order valence-electron chi connectivity index (χ4n) is 2.65. The van der Waals surface area contributed by atoms with Gasteiger partial charge in [0.2, 0.25) is 5.91 Å². The standard InChI is InChI=1S/C15H23N3OS/c1-16-9-12-7-8-18(10-12)11-15(19)17-13-5-3-4-6-14(13)20-2/h3-6,12,16H,7-11H2,1-2H3,(H,17,19). The molecule has 1 aliphatic rings. The normalized spacial score (nSPS) is 19.2. The Labute approximate surface area is 125 Å². The molecule has 1 amide bonds. The number of carbonyl (C=O) groups is 1. The topological polar surface area (TPSA) is 44.4 Å². The second-order valence-corrected chi connectivity index (χ2v) is 6.04. The largest absolute Gasteiger partial charge is 0.324 e. The minimum absolute atomic E-state index is 0.0802. The zero-order chi connectivity index (χ0) is 14.4. The Kier molecular flexibility index (Phi) is 5.88. The smallest absolute Gasteiger partial charge is 0.238 e. The molecule has 1 aliphatic heterocycles. The van der Waals surface area contributed by atoms with Crippen molar-refractivity contribution in [3.05, 3.63) is 24.3 Å². The van der Waals surface area contributed by atoms with Crippen LogP contribution in [0.4, 0.5) is 5.69 Å². The van der Waals surface area contributed by atoms with Gasteiger partial charge in [0, 0.05) is 11.4 Å². The van der Waals surface area contributed by atoms with E-state index in [0.29, 0.717) is 12.5 Å². The predicted octanol–water partition coefficient (Wildman–Crippen LogP) is 1.89. The van der Waals surface area contributed by atoms with Gasteiger partial charge < -0.3 is 10.6 Å². The molecule has 2 N–H and O–H groups in total. The van der Waals surface area contributed by atoms with Crippen LogP contribution in [0.1, 0.15) is 6.42 Å². The second-order valence-electron chi connectivity index (χ2n) is 5.20. The molecule has 1 heterocycles. The van der Waals surface area contributed by atoms with E-state index in [0.717, 1.165) is 30.2 Å². The number of nitrogens with zero attached hydrogens (tertiary/aromatic N) is 1. The first-order chi connectivity index (χ1) is 9.72. The molecule has 0 spiro atoms. The van der Waals surface area contributed by atoms with E-state index in [1.165, 1.54) is 6.42 Å². The third kappa shape index (κ3) is 4.23. The average molecular weight is 293 g/mol. The number of rotatable bonds is 6. The van der Waals surface area contributed by atoms with Gasteiger partial charge in [-0.25, -0.2) is 0 Å². The zero-order valence-electron chi connectivity index (χ0n) is 12.2. The summed E-state index contributed by atoms with van der Waals surface area (Å²) in [5, 5.41) is 6.23. The van der Waals surface area contributed by atoms with Crippen LogP contribution in [-0.4, -0.2) is 50.3 Å². The molecule has 1 saturated heterocycles. The van der Waals surface area contributed by atoms with Gasteiger partial charge in [0.05, 0.1) is 12.2 Å². The molecule has 110 valence electrons. The van der Waals surface area contributed by atoms with Crippen LogP contribution in [0.15, 0.2) is 29.2 Å². The summed E-state index contributed by atoms with van der Waals surface area (Å²) in [5.74, 6) is 0.753. The maximum absolute atomic E-state index is 12.1. The SMILES string of the molecule is CNCC1CCN(CC(=O)Nc2ccccc2SC)C1. The molecule has 20 heavy (non-hydrogen) atoms. The number of hydrogen-bond acceptors (Lipinski definition) is 4. The first-order valence-electron chi connectivity index (χ1n) is 7.02. The van der Waals surface area contributed by atoms with E-state index in [4.69, 9.17) is 0 Å². The molecule has 0 bridgehead atoms. The van der Waals surface area contributed by atoms with Crippen molar-refractivity contribution >= 4 is 23.4 Å². The van der Waals surface area contributed by atoms with E-state index in [1.807, 2.05) is 37.6 Å². The second kappa shape index (κ2) is 7.67. The summed E-state index contributed by atoms with van der Waals surface area (Å²) in [4.78, 5) is 15.5. The van der Waals surface area contributed by atoms with Crippen LogP contribution in [0, 0.1) is 5.92 Å². The Morgan fingerprint density at radius 3 is 3.00 bits per heavy atom. The Bertz CT molecular complexity index is 452. The van der Waals surface area contributed by atoms with Crippen LogP contribution >= 0.6 is 11.8 Å². The van der Waals surface area contributed by atoms with E-state index in [9.17, 15) is 4.79 Å². The average Bonchev–Trinajstić information content (AvgIpc) is 2.87. The minimum Gasteiger partial charge on any atom is -0.324 e. The van der Waals surface area contributed by atoms with E-state index < -0.39 is 0 Å². The Morgan fingerprint density at radius 1 is 1.45 bits per heavy atom. The van der Waals surface area contributed by atoms with E-state index in [2.05, 4.69) is 15.5 Å². The van der Waals surface area contributed by atoms with Crippen molar-refractivity contribution in [2.24, 2.45) is 5.92 Å². The molecular weight excluding hydrogens is 270 g/mol. The first kappa shape index (κ1) is 15.4. The molecule has 2 rings (SSSR count). The van der Waals surface area contributed by atoms with Gasteiger partial charge in [-0.3, -0.25) is 9.69 Å². The van der Waals surface area contributed by atoms with Gasteiger partial charge in [0.1, 0.15) is 0 Å². The summed E-state index contributed by atoms with van der Waals surface area (Å²) in [6, 6.07) is 7.93.